The summed E-state index contributed by atoms with van der Waals surface area (Å²) in [5.41, 5.74) is 1.14. The van der Waals surface area contributed by atoms with Gasteiger partial charge in [-0.2, -0.15) is 8.42 Å². The van der Waals surface area contributed by atoms with Crippen LogP contribution in [0.25, 0.3) is 0 Å². The van der Waals surface area contributed by atoms with E-state index in [0.29, 0.717) is 12.4 Å². The molecular formula is C15H23NO4S. The van der Waals surface area contributed by atoms with E-state index >= 15 is 0 Å². The zero-order valence-electron chi connectivity index (χ0n) is 13.0. The Morgan fingerprint density at radius 1 is 1.24 bits per heavy atom. The third-order valence-corrected chi connectivity index (χ3v) is 4.01. The second-order valence-electron chi connectivity index (χ2n) is 6.33. The van der Waals surface area contributed by atoms with E-state index in [-0.39, 0.29) is 11.6 Å². The van der Waals surface area contributed by atoms with Gasteiger partial charge in [-0.25, -0.2) is 0 Å². The van der Waals surface area contributed by atoms with Crippen molar-refractivity contribution in [3.63, 3.8) is 0 Å². The quantitative estimate of drug-likeness (QED) is 0.801. The third kappa shape index (κ3) is 4.69. The lowest BCUT2D eigenvalue weighted by atomic mass is 10.0. The van der Waals surface area contributed by atoms with E-state index in [1.165, 1.54) is 0 Å². The van der Waals surface area contributed by atoms with E-state index in [2.05, 4.69) is 25.7 Å². The summed E-state index contributed by atoms with van der Waals surface area (Å²) in [6.07, 6.45) is 1.04. The number of benzene rings is 1. The number of morpholine rings is 1. The summed E-state index contributed by atoms with van der Waals surface area (Å²) in [6, 6.07) is 7.04. The largest absolute Gasteiger partial charge is 0.383 e. The Morgan fingerprint density at radius 3 is 2.38 bits per heavy atom. The highest BCUT2D eigenvalue weighted by Crippen LogP contribution is 2.28. The van der Waals surface area contributed by atoms with Gasteiger partial charge >= 0.3 is 10.1 Å². The standard InChI is InChI=1S/C15H23NO4S/c1-15(2,3)16-9-10-19-14(11-16)12-5-7-13(8-6-12)20-21(4,17)18/h5-8,14H,9-11H2,1-4H3/t14-/m0/s1. The van der Waals surface area contributed by atoms with Gasteiger partial charge in [0.1, 0.15) is 5.75 Å². The molecule has 0 aliphatic carbocycles. The van der Waals surface area contributed by atoms with E-state index in [1.807, 2.05) is 12.1 Å². The molecule has 0 radical (unpaired) electrons. The molecular weight excluding hydrogens is 290 g/mol. The van der Waals surface area contributed by atoms with Crippen LogP contribution in [0.5, 0.6) is 5.75 Å². The molecule has 118 valence electrons. The average molecular weight is 313 g/mol. The van der Waals surface area contributed by atoms with Crippen molar-refractivity contribution in [1.82, 2.24) is 4.90 Å². The third-order valence-electron chi connectivity index (χ3n) is 3.51. The summed E-state index contributed by atoms with van der Waals surface area (Å²) >= 11 is 0. The summed E-state index contributed by atoms with van der Waals surface area (Å²) in [5.74, 6) is 0.324. The average Bonchev–Trinajstić information content (AvgIpc) is 2.37. The Kier molecular flexibility index (Phi) is 4.60. The van der Waals surface area contributed by atoms with Crippen molar-refractivity contribution >= 4 is 10.1 Å². The minimum absolute atomic E-state index is 0.00487. The van der Waals surface area contributed by atoms with Crippen LogP contribution < -0.4 is 4.18 Å². The van der Waals surface area contributed by atoms with Crippen LogP contribution in [-0.4, -0.2) is 44.8 Å². The highest BCUT2D eigenvalue weighted by Gasteiger charge is 2.29. The predicted octanol–water partition coefficient (Wildman–Crippen LogP) is 2.20. The molecule has 0 saturated carbocycles. The highest BCUT2D eigenvalue weighted by molar-refractivity contribution is 7.86. The molecule has 0 spiro atoms. The molecule has 1 aromatic carbocycles. The normalized spacial score (nSPS) is 21.2. The Balaban J connectivity index is 2.08. The lowest BCUT2D eigenvalue weighted by Gasteiger charge is -2.41. The second kappa shape index (κ2) is 5.94. The molecule has 0 bridgehead atoms. The minimum Gasteiger partial charge on any atom is -0.383 e. The SMILES string of the molecule is CC(C)(C)N1CCO[C@H](c2ccc(OS(C)(=O)=O)cc2)C1. The molecule has 21 heavy (non-hydrogen) atoms. The molecule has 1 aliphatic heterocycles. The monoisotopic (exact) mass is 313 g/mol. The van der Waals surface area contributed by atoms with Gasteiger partial charge in [0.05, 0.1) is 19.0 Å². The fourth-order valence-electron chi connectivity index (χ4n) is 2.37. The van der Waals surface area contributed by atoms with Crippen molar-refractivity contribution < 1.29 is 17.3 Å². The smallest absolute Gasteiger partial charge is 0.306 e. The summed E-state index contributed by atoms with van der Waals surface area (Å²) in [6.45, 7) is 9.03. The maximum Gasteiger partial charge on any atom is 0.306 e. The van der Waals surface area contributed by atoms with Gasteiger partial charge in [-0.3, -0.25) is 4.90 Å². The van der Waals surface area contributed by atoms with E-state index in [9.17, 15) is 8.42 Å². The van der Waals surface area contributed by atoms with Crippen molar-refractivity contribution in [2.45, 2.75) is 32.4 Å². The Labute approximate surface area is 127 Å². The van der Waals surface area contributed by atoms with Crippen LogP contribution in [0.2, 0.25) is 0 Å². The molecule has 1 fully saturated rings. The number of hydrogen-bond acceptors (Lipinski definition) is 5. The molecule has 5 nitrogen and oxygen atoms in total. The lowest BCUT2D eigenvalue weighted by molar-refractivity contribution is -0.0596. The van der Waals surface area contributed by atoms with Crippen LogP contribution in [-0.2, 0) is 14.9 Å². The van der Waals surface area contributed by atoms with E-state index in [1.54, 1.807) is 12.1 Å². The van der Waals surface area contributed by atoms with Crippen LogP contribution >= 0.6 is 0 Å². The second-order valence-corrected chi connectivity index (χ2v) is 7.91. The van der Waals surface area contributed by atoms with Gasteiger partial charge in [0.25, 0.3) is 0 Å². The lowest BCUT2D eigenvalue weighted by Crippen LogP contribution is -2.48. The Hall–Kier alpha value is -1.11. The van der Waals surface area contributed by atoms with E-state index < -0.39 is 10.1 Å². The molecule has 1 atom stereocenters. The van der Waals surface area contributed by atoms with Gasteiger partial charge in [0, 0.05) is 18.6 Å². The molecule has 0 aromatic heterocycles. The Morgan fingerprint density at radius 2 is 1.86 bits per heavy atom. The fraction of sp³-hybridized carbons (Fsp3) is 0.600. The first-order chi connectivity index (χ1) is 9.65. The number of ether oxygens (including phenoxy) is 1. The molecule has 1 aromatic rings. The van der Waals surface area contributed by atoms with Crippen molar-refractivity contribution in [2.75, 3.05) is 26.0 Å². The van der Waals surface area contributed by atoms with Crippen LogP contribution in [0.4, 0.5) is 0 Å². The molecule has 0 unspecified atom stereocenters. The van der Waals surface area contributed by atoms with Crippen molar-refractivity contribution in [1.29, 1.82) is 0 Å². The van der Waals surface area contributed by atoms with Crippen LogP contribution in [0, 0.1) is 0 Å². The highest BCUT2D eigenvalue weighted by atomic mass is 32.2. The summed E-state index contributed by atoms with van der Waals surface area (Å²) in [4.78, 5) is 2.39. The van der Waals surface area contributed by atoms with Crippen LogP contribution in [0.15, 0.2) is 24.3 Å². The van der Waals surface area contributed by atoms with Gasteiger partial charge in [-0.05, 0) is 38.5 Å². The zero-order valence-corrected chi connectivity index (χ0v) is 13.8. The van der Waals surface area contributed by atoms with Crippen molar-refractivity contribution in [2.24, 2.45) is 0 Å². The first kappa shape index (κ1) is 16.3. The van der Waals surface area contributed by atoms with Gasteiger partial charge in [0.2, 0.25) is 0 Å². The molecule has 0 N–H and O–H groups in total. The number of rotatable bonds is 3. The van der Waals surface area contributed by atoms with Gasteiger partial charge in [-0.1, -0.05) is 12.1 Å². The Bertz CT molecular complexity index is 575. The van der Waals surface area contributed by atoms with Crippen LogP contribution in [0.3, 0.4) is 0 Å². The van der Waals surface area contributed by atoms with Gasteiger partial charge < -0.3 is 8.92 Å². The predicted molar refractivity (Wildman–Crippen MR) is 81.9 cm³/mol. The maximum atomic E-state index is 11.1. The topological polar surface area (TPSA) is 55.8 Å². The summed E-state index contributed by atoms with van der Waals surface area (Å²) in [7, 11) is -3.48. The van der Waals surface area contributed by atoms with Crippen molar-refractivity contribution in [3.8, 4) is 5.75 Å². The molecule has 1 saturated heterocycles. The summed E-state index contributed by atoms with van der Waals surface area (Å²) < 4.78 is 32.8. The molecule has 1 aliphatic rings. The zero-order chi connectivity index (χ0) is 15.7. The minimum atomic E-state index is -3.48. The molecule has 2 rings (SSSR count). The molecule has 1 heterocycles. The summed E-state index contributed by atoms with van der Waals surface area (Å²) in [5, 5.41) is 0. The first-order valence-electron chi connectivity index (χ1n) is 7.01. The number of hydrogen-bond donors (Lipinski definition) is 0. The van der Waals surface area contributed by atoms with Gasteiger partial charge in [0.15, 0.2) is 0 Å². The molecule has 0 amide bonds. The molecule has 6 heteroatoms. The van der Waals surface area contributed by atoms with Crippen LogP contribution in [0.1, 0.15) is 32.4 Å². The fourth-order valence-corrected chi connectivity index (χ4v) is 2.83. The van der Waals surface area contributed by atoms with Crippen molar-refractivity contribution in [3.05, 3.63) is 29.8 Å². The number of nitrogens with zero attached hydrogens (tertiary/aromatic N) is 1. The van der Waals surface area contributed by atoms with E-state index in [4.69, 9.17) is 8.92 Å². The first-order valence-corrected chi connectivity index (χ1v) is 8.83. The van der Waals surface area contributed by atoms with Gasteiger partial charge in [-0.15, -0.1) is 0 Å². The maximum absolute atomic E-state index is 11.1. The van der Waals surface area contributed by atoms with E-state index in [0.717, 1.165) is 24.9 Å².